The van der Waals surface area contributed by atoms with Crippen LogP contribution in [0.4, 0.5) is 0 Å². The highest BCUT2D eigenvalue weighted by Gasteiger charge is 2.41. The molecular weight excluding hydrogens is 278 g/mol. The molecule has 2 fully saturated rings. The molecule has 0 aromatic heterocycles. The SMILES string of the molecule is COCCCNC(=O)/C(C#N)=C\NC(C)C1CC2CCC1C2. The van der Waals surface area contributed by atoms with Gasteiger partial charge in [-0.1, -0.05) is 6.42 Å². The summed E-state index contributed by atoms with van der Waals surface area (Å²) in [5.74, 6) is 2.10. The first kappa shape index (κ1) is 16.8. The van der Waals surface area contributed by atoms with Gasteiger partial charge in [-0.2, -0.15) is 5.26 Å². The lowest BCUT2D eigenvalue weighted by atomic mass is 9.84. The molecule has 0 spiro atoms. The molecule has 0 saturated heterocycles. The van der Waals surface area contributed by atoms with Gasteiger partial charge in [0.15, 0.2) is 0 Å². The average molecular weight is 305 g/mol. The maximum Gasteiger partial charge on any atom is 0.263 e. The summed E-state index contributed by atoms with van der Waals surface area (Å²) in [5.41, 5.74) is 0.146. The standard InChI is InChI=1S/C17H27N3O2/c1-12(16-9-13-4-5-14(16)8-13)20-11-15(10-18)17(21)19-6-3-7-22-2/h11-14,16,20H,3-9H2,1-2H3,(H,19,21)/b15-11-. The first-order chi connectivity index (χ1) is 10.7. The number of hydrogen-bond donors (Lipinski definition) is 2. The Bertz CT molecular complexity index is 455. The van der Waals surface area contributed by atoms with Crippen LogP contribution in [0, 0.1) is 29.1 Å². The summed E-state index contributed by atoms with van der Waals surface area (Å²) >= 11 is 0. The first-order valence-electron chi connectivity index (χ1n) is 8.29. The molecule has 2 saturated carbocycles. The highest BCUT2D eigenvalue weighted by Crippen LogP contribution is 2.49. The lowest BCUT2D eigenvalue weighted by Crippen LogP contribution is -2.34. The van der Waals surface area contributed by atoms with Crippen molar-refractivity contribution in [1.29, 1.82) is 5.26 Å². The van der Waals surface area contributed by atoms with Gasteiger partial charge in [0.05, 0.1) is 0 Å². The molecule has 2 bridgehead atoms. The van der Waals surface area contributed by atoms with Gasteiger partial charge in [0.1, 0.15) is 11.6 Å². The zero-order chi connectivity index (χ0) is 15.9. The minimum absolute atomic E-state index is 0.146. The molecule has 122 valence electrons. The summed E-state index contributed by atoms with van der Waals surface area (Å²) in [7, 11) is 1.63. The largest absolute Gasteiger partial charge is 0.387 e. The molecule has 22 heavy (non-hydrogen) atoms. The van der Waals surface area contributed by atoms with Crippen LogP contribution in [-0.2, 0) is 9.53 Å². The number of nitrogens with one attached hydrogen (secondary N) is 2. The minimum atomic E-state index is -0.314. The molecule has 0 heterocycles. The van der Waals surface area contributed by atoms with Gasteiger partial charge in [-0.15, -0.1) is 0 Å². The van der Waals surface area contributed by atoms with Crippen molar-refractivity contribution in [2.75, 3.05) is 20.3 Å². The molecule has 2 aliphatic rings. The van der Waals surface area contributed by atoms with Crippen LogP contribution in [0.15, 0.2) is 11.8 Å². The van der Waals surface area contributed by atoms with Gasteiger partial charge in [0.2, 0.25) is 0 Å². The van der Waals surface area contributed by atoms with Crippen molar-refractivity contribution in [2.24, 2.45) is 17.8 Å². The van der Waals surface area contributed by atoms with Crippen molar-refractivity contribution in [2.45, 2.75) is 45.1 Å². The molecular formula is C17H27N3O2. The maximum atomic E-state index is 11.9. The maximum absolute atomic E-state index is 11.9. The Balaban J connectivity index is 1.79. The lowest BCUT2D eigenvalue weighted by molar-refractivity contribution is -0.117. The molecule has 5 heteroatoms. The van der Waals surface area contributed by atoms with Crippen molar-refractivity contribution >= 4 is 5.91 Å². The van der Waals surface area contributed by atoms with E-state index in [-0.39, 0.29) is 11.5 Å². The smallest absolute Gasteiger partial charge is 0.263 e. The fraction of sp³-hybridized carbons (Fsp3) is 0.765. The molecule has 0 aromatic carbocycles. The summed E-state index contributed by atoms with van der Waals surface area (Å²) in [4.78, 5) is 11.9. The van der Waals surface area contributed by atoms with Gasteiger partial charge in [-0.05, 0) is 50.4 Å². The van der Waals surface area contributed by atoms with Gasteiger partial charge >= 0.3 is 0 Å². The van der Waals surface area contributed by atoms with E-state index in [1.54, 1.807) is 13.3 Å². The number of hydrogen-bond acceptors (Lipinski definition) is 4. The zero-order valence-electron chi connectivity index (χ0n) is 13.6. The van der Waals surface area contributed by atoms with Crippen LogP contribution in [0.5, 0.6) is 0 Å². The van der Waals surface area contributed by atoms with Crippen molar-refractivity contribution in [1.82, 2.24) is 10.6 Å². The second kappa shape index (κ2) is 8.19. The van der Waals surface area contributed by atoms with Crippen molar-refractivity contribution in [3.05, 3.63) is 11.8 Å². The van der Waals surface area contributed by atoms with Gasteiger partial charge in [-0.3, -0.25) is 4.79 Å². The van der Waals surface area contributed by atoms with E-state index in [1.807, 2.05) is 6.07 Å². The molecule has 4 atom stereocenters. The Morgan fingerprint density at radius 3 is 2.86 bits per heavy atom. The molecule has 2 N–H and O–H groups in total. The number of rotatable bonds is 8. The minimum Gasteiger partial charge on any atom is -0.387 e. The Morgan fingerprint density at radius 2 is 2.27 bits per heavy atom. The average Bonchev–Trinajstić information content (AvgIpc) is 3.15. The summed E-state index contributed by atoms with van der Waals surface area (Å²) in [6.45, 7) is 3.28. The molecule has 0 aliphatic heterocycles. The van der Waals surface area contributed by atoms with Gasteiger partial charge in [-0.25, -0.2) is 0 Å². The predicted octanol–water partition coefficient (Wildman–Crippen LogP) is 1.96. The molecule has 1 amide bonds. The Hall–Kier alpha value is -1.54. The van der Waals surface area contributed by atoms with Crippen LogP contribution in [0.25, 0.3) is 0 Å². The molecule has 4 unspecified atom stereocenters. The monoisotopic (exact) mass is 305 g/mol. The quantitative estimate of drug-likeness (QED) is 0.408. The molecule has 2 aliphatic carbocycles. The van der Waals surface area contributed by atoms with Gasteiger partial charge in [0.25, 0.3) is 5.91 Å². The lowest BCUT2D eigenvalue weighted by Gasteiger charge is -2.28. The normalized spacial score (nSPS) is 28.2. The number of carbonyl (C=O) groups is 1. The van der Waals surface area contributed by atoms with E-state index >= 15 is 0 Å². The third-order valence-electron chi connectivity index (χ3n) is 5.10. The Morgan fingerprint density at radius 1 is 1.45 bits per heavy atom. The Labute approximate surface area is 133 Å². The number of ether oxygens (including phenoxy) is 1. The molecule has 0 radical (unpaired) electrons. The van der Waals surface area contributed by atoms with Crippen LogP contribution in [0.1, 0.15) is 39.0 Å². The molecule has 0 aromatic rings. The van der Waals surface area contributed by atoms with Crippen molar-refractivity contribution in [3.63, 3.8) is 0 Å². The van der Waals surface area contributed by atoms with E-state index in [1.165, 1.54) is 25.7 Å². The summed E-state index contributed by atoms with van der Waals surface area (Å²) in [5, 5.41) is 15.2. The summed E-state index contributed by atoms with van der Waals surface area (Å²) < 4.78 is 4.93. The van der Waals surface area contributed by atoms with Gasteiger partial charge < -0.3 is 15.4 Å². The number of nitriles is 1. The van der Waals surface area contributed by atoms with Crippen LogP contribution in [0.3, 0.4) is 0 Å². The molecule has 5 nitrogen and oxygen atoms in total. The van der Waals surface area contributed by atoms with E-state index in [9.17, 15) is 4.79 Å². The topological polar surface area (TPSA) is 74.1 Å². The highest BCUT2D eigenvalue weighted by molar-refractivity contribution is 5.97. The van der Waals surface area contributed by atoms with Crippen LogP contribution in [0.2, 0.25) is 0 Å². The number of methoxy groups -OCH3 is 1. The summed E-state index contributed by atoms with van der Waals surface area (Å²) in [6.07, 6.45) is 7.72. The third-order valence-corrected chi connectivity index (χ3v) is 5.10. The van der Waals surface area contributed by atoms with E-state index in [4.69, 9.17) is 10.00 Å². The second-order valence-corrected chi connectivity index (χ2v) is 6.57. The van der Waals surface area contributed by atoms with E-state index in [0.717, 1.165) is 18.3 Å². The zero-order valence-corrected chi connectivity index (χ0v) is 13.6. The molecule has 2 rings (SSSR count). The van der Waals surface area contributed by atoms with Crippen LogP contribution in [-0.4, -0.2) is 32.2 Å². The van der Waals surface area contributed by atoms with Crippen LogP contribution >= 0.6 is 0 Å². The number of fused-ring (bicyclic) bond motifs is 2. The van der Waals surface area contributed by atoms with Crippen molar-refractivity contribution < 1.29 is 9.53 Å². The van der Waals surface area contributed by atoms with E-state index < -0.39 is 0 Å². The fourth-order valence-corrected chi connectivity index (χ4v) is 3.91. The van der Waals surface area contributed by atoms with E-state index in [0.29, 0.717) is 25.1 Å². The fourth-order valence-electron chi connectivity index (χ4n) is 3.91. The Kier molecular flexibility index (Phi) is 6.26. The predicted molar refractivity (Wildman–Crippen MR) is 84.7 cm³/mol. The first-order valence-corrected chi connectivity index (χ1v) is 8.29. The van der Waals surface area contributed by atoms with Crippen LogP contribution < -0.4 is 10.6 Å². The van der Waals surface area contributed by atoms with Crippen molar-refractivity contribution in [3.8, 4) is 6.07 Å². The number of nitrogens with zero attached hydrogens (tertiary/aromatic N) is 1. The highest BCUT2D eigenvalue weighted by atomic mass is 16.5. The number of amides is 1. The van der Waals surface area contributed by atoms with Gasteiger partial charge in [0, 0.05) is 32.5 Å². The second-order valence-electron chi connectivity index (χ2n) is 6.57. The van der Waals surface area contributed by atoms with E-state index in [2.05, 4.69) is 17.6 Å². The third kappa shape index (κ3) is 4.23. The number of carbonyl (C=O) groups excluding carboxylic acids is 1. The summed E-state index contributed by atoms with van der Waals surface area (Å²) in [6, 6.07) is 2.30.